The van der Waals surface area contributed by atoms with Crippen molar-refractivity contribution in [3.63, 3.8) is 0 Å². The second kappa shape index (κ2) is 8.53. The molecule has 0 saturated carbocycles. The molecule has 0 spiro atoms. The van der Waals surface area contributed by atoms with Crippen molar-refractivity contribution in [1.82, 2.24) is 9.55 Å². The SMILES string of the molecule is CCOC(=O)[C@@H]1C(=O)N(CCC(C)C)c2nc3ccccc3n2[C@H]1c1ccc(C)cc1. The Morgan fingerprint density at radius 2 is 1.84 bits per heavy atom. The summed E-state index contributed by atoms with van der Waals surface area (Å²) in [5.41, 5.74) is 3.72. The molecule has 0 bridgehead atoms. The van der Waals surface area contributed by atoms with Gasteiger partial charge in [0.2, 0.25) is 11.9 Å². The fourth-order valence-corrected chi connectivity index (χ4v) is 4.21. The molecule has 0 aliphatic carbocycles. The smallest absolute Gasteiger partial charge is 0.321 e. The zero-order chi connectivity index (χ0) is 22.1. The number of carbonyl (C=O) groups excluding carboxylic acids is 2. The van der Waals surface area contributed by atoms with Crippen LogP contribution in [0.2, 0.25) is 0 Å². The number of benzene rings is 2. The summed E-state index contributed by atoms with van der Waals surface area (Å²) in [7, 11) is 0. The summed E-state index contributed by atoms with van der Waals surface area (Å²) in [5, 5.41) is 0. The fraction of sp³-hybridized carbons (Fsp3) is 0.400. The number of amides is 1. The highest BCUT2D eigenvalue weighted by atomic mass is 16.5. The van der Waals surface area contributed by atoms with Gasteiger partial charge in [0.15, 0.2) is 5.92 Å². The number of nitrogens with zero attached hydrogens (tertiary/aromatic N) is 3. The topological polar surface area (TPSA) is 64.4 Å². The van der Waals surface area contributed by atoms with Crippen LogP contribution in [0.25, 0.3) is 11.0 Å². The normalized spacial score (nSPS) is 18.5. The second-order valence-electron chi connectivity index (χ2n) is 8.53. The summed E-state index contributed by atoms with van der Waals surface area (Å²) >= 11 is 0. The molecule has 162 valence electrons. The predicted molar refractivity (Wildman–Crippen MR) is 121 cm³/mol. The average molecular weight is 420 g/mol. The first-order valence-electron chi connectivity index (χ1n) is 10.9. The summed E-state index contributed by atoms with van der Waals surface area (Å²) in [6, 6.07) is 15.3. The highest BCUT2D eigenvalue weighted by molar-refractivity contribution is 6.08. The van der Waals surface area contributed by atoms with Gasteiger partial charge in [-0.05, 0) is 43.9 Å². The standard InChI is InChI=1S/C25H29N3O3/c1-5-31-24(30)21-22(18-12-10-17(4)11-13-18)28-20-9-7-6-8-19(20)26-25(28)27(23(21)29)15-14-16(2)3/h6-13,16,21-22H,5,14-15H2,1-4H3/t21-,22-/m0/s1. The Hall–Kier alpha value is -3.15. The van der Waals surface area contributed by atoms with Gasteiger partial charge in [-0.15, -0.1) is 0 Å². The maximum absolute atomic E-state index is 13.7. The lowest BCUT2D eigenvalue weighted by atomic mass is 9.89. The van der Waals surface area contributed by atoms with Crippen LogP contribution >= 0.6 is 0 Å². The van der Waals surface area contributed by atoms with Gasteiger partial charge in [0.05, 0.1) is 23.7 Å². The van der Waals surface area contributed by atoms with E-state index in [4.69, 9.17) is 9.72 Å². The molecule has 31 heavy (non-hydrogen) atoms. The summed E-state index contributed by atoms with van der Waals surface area (Å²) < 4.78 is 7.43. The van der Waals surface area contributed by atoms with Gasteiger partial charge in [-0.2, -0.15) is 0 Å². The molecular weight excluding hydrogens is 390 g/mol. The lowest BCUT2D eigenvalue weighted by Gasteiger charge is -2.38. The number of carbonyl (C=O) groups is 2. The third-order valence-electron chi connectivity index (χ3n) is 5.83. The Labute approximate surface area is 182 Å². The lowest BCUT2D eigenvalue weighted by molar-refractivity contribution is -0.153. The summed E-state index contributed by atoms with van der Waals surface area (Å²) in [6.07, 6.45) is 0.819. The highest BCUT2D eigenvalue weighted by Crippen LogP contribution is 2.41. The van der Waals surface area contributed by atoms with Crippen LogP contribution < -0.4 is 4.90 Å². The van der Waals surface area contributed by atoms with Crippen LogP contribution in [0, 0.1) is 18.8 Å². The van der Waals surface area contributed by atoms with Crippen molar-refractivity contribution in [3.8, 4) is 0 Å². The van der Waals surface area contributed by atoms with Gasteiger partial charge < -0.3 is 9.30 Å². The quantitative estimate of drug-likeness (QED) is 0.436. The van der Waals surface area contributed by atoms with Crippen LogP contribution in [-0.4, -0.2) is 34.6 Å². The Morgan fingerprint density at radius 1 is 1.13 bits per heavy atom. The molecule has 1 amide bonds. The van der Waals surface area contributed by atoms with Crippen molar-refractivity contribution in [3.05, 3.63) is 59.7 Å². The zero-order valence-corrected chi connectivity index (χ0v) is 18.5. The highest BCUT2D eigenvalue weighted by Gasteiger charge is 2.47. The van der Waals surface area contributed by atoms with Crippen LogP contribution in [-0.2, 0) is 14.3 Å². The zero-order valence-electron chi connectivity index (χ0n) is 18.5. The molecule has 1 aliphatic heterocycles. The van der Waals surface area contributed by atoms with E-state index in [1.165, 1.54) is 0 Å². The molecule has 6 nitrogen and oxygen atoms in total. The van der Waals surface area contributed by atoms with Crippen LogP contribution in [0.4, 0.5) is 5.95 Å². The van der Waals surface area contributed by atoms with Gasteiger partial charge in [0, 0.05) is 6.54 Å². The van der Waals surface area contributed by atoms with Gasteiger partial charge in [-0.25, -0.2) is 4.98 Å². The number of aryl methyl sites for hydroxylation is 1. The molecular formula is C25H29N3O3. The number of anilines is 1. The van der Waals surface area contributed by atoms with Crippen molar-refractivity contribution < 1.29 is 14.3 Å². The number of hydrogen-bond acceptors (Lipinski definition) is 4. The van der Waals surface area contributed by atoms with Gasteiger partial charge in [0.1, 0.15) is 0 Å². The van der Waals surface area contributed by atoms with E-state index in [2.05, 4.69) is 13.8 Å². The van der Waals surface area contributed by atoms with E-state index >= 15 is 0 Å². The molecule has 2 aromatic carbocycles. The molecule has 0 fully saturated rings. The first kappa shape index (κ1) is 21.1. The molecule has 1 aliphatic rings. The molecule has 0 radical (unpaired) electrons. The molecule has 0 saturated heterocycles. The van der Waals surface area contributed by atoms with E-state index < -0.39 is 17.9 Å². The molecule has 4 rings (SSSR count). The molecule has 0 N–H and O–H groups in total. The number of hydrogen-bond donors (Lipinski definition) is 0. The molecule has 2 heterocycles. The molecule has 1 aromatic heterocycles. The van der Waals surface area contributed by atoms with Crippen LogP contribution in [0.5, 0.6) is 0 Å². The number of rotatable bonds is 6. The Morgan fingerprint density at radius 3 is 2.52 bits per heavy atom. The number of fused-ring (bicyclic) bond motifs is 3. The first-order chi connectivity index (χ1) is 14.9. The first-order valence-corrected chi connectivity index (χ1v) is 10.9. The van der Waals surface area contributed by atoms with E-state index in [0.29, 0.717) is 18.4 Å². The molecule has 0 unspecified atom stereocenters. The molecule has 6 heteroatoms. The number of esters is 1. The van der Waals surface area contributed by atoms with Crippen molar-refractivity contribution in [1.29, 1.82) is 0 Å². The van der Waals surface area contributed by atoms with Crippen LogP contribution in [0.15, 0.2) is 48.5 Å². The van der Waals surface area contributed by atoms with E-state index in [9.17, 15) is 9.59 Å². The van der Waals surface area contributed by atoms with Crippen molar-refractivity contribution in [2.24, 2.45) is 11.8 Å². The van der Waals surface area contributed by atoms with E-state index in [-0.39, 0.29) is 12.5 Å². The minimum absolute atomic E-state index is 0.229. The van der Waals surface area contributed by atoms with E-state index in [1.807, 2.05) is 60.0 Å². The predicted octanol–water partition coefficient (Wildman–Crippen LogP) is 4.51. The monoisotopic (exact) mass is 419 g/mol. The van der Waals surface area contributed by atoms with E-state index in [1.54, 1.807) is 11.8 Å². The van der Waals surface area contributed by atoms with Crippen molar-refractivity contribution in [2.75, 3.05) is 18.1 Å². The second-order valence-corrected chi connectivity index (χ2v) is 8.53. The third kappa shape index (κ3) is 3.82. The Balaban J connectivity index is 1.95. The minimum Gasteiger partial charge on any atom is -0.465 e. The van der Waals surface area contributed by atoms with E-state index in [0.717, 1.165) is 28.6 Å². The fourth-order valence-electron chi connectivity index (χ4n) is 4.21. The maximum atomic E-state index is 13.7. The van der Waals surface area contributed by atoms with Crippen molar-refractivity contribution in [2.45, 2.75) is 40.2 Å². The van der Waals surface area contributed by atoms with Gasteiger partial charge in [-0.1, -0.05) is 55.8 Å². The Bertz CT molecular complexity index is 1100. The lowest BCUT2D eigenvalue weighted by Crippen LogP contribution is -2.50. The number of aromatic nitrogens is 2. The van der Waals surface area contributed by atoms with Gasteiger partial charge >= 0.3 is 5.97 Å². The van der Waals surface area contributed by atoms with Crippen LogP contribution in [0.1, 0.15) is 44.4 Å². The minimum atomic E-state index is -0.958. The maximum Gasteiger partial charge on any atom is 0.321 e. The number of imidazole rings is 1. The van der Waals surface area contributed by atoms with Crippen LogP contribution in [0.3, 0.4) is 0 Å². The summed E-state index contributed by atoms with van der Waals surface area (Å²) in [5.74, 6) is -0.678. The van der Waals surface area contributed by atoms with Crippen molar-refractivity contribution >= 4 is 28.9 Å². The molecule has 3 aromatic rings. The van der Waals surface area contributed by atoms with Gasteiger partial charge in [0.25, 0.3) is 0 Å². The summed E-state index contributed by atoms with van der Waals surface area (Å²) in [4.78, 5) is 33.3. The van der Waals surface area contributed by atoms with Gasteiger partial charge in [-0.3, -0.25) is 14.5 Å². The number of para-hydroxylation sites is 2. The average Bonchev–Trinajstić information content (AvgIpc) is 3.12. The Kier molecular flexibility index (Phi) is 5.81. The molecule has 2 atom stereocenters. The largest absolute Gasteiger partial charge is 0.465 e. The third-order valence-corrected chi connectivity index (χ3v) is 5.83. The number of ether oxygens (including phenoxy) is 1. The summed E-state index contributed by atoms with van der Waals surface area (Å²) in [6.45, 7) is 8.76.